The molecule has 2 rings (SSSR count). The monoisotopic (exact) mass is 273 g/mol. The first kappa shape index (κ1) is 13.7. The van der Waals surface area contributed by atoms with Crippen LogP contribution in [0.1, 0.15) is 27.8 Å². The van der Waals surface area contributed by atoms with Gasteiger partial charge in [-0.15, -0.1) is 0 Å². The fourth-order valence-electron chi connectivity index (χ4n) is 1.58. The van der Waals surface area contributed by atoms with Crippen LogP contribution in [0.4, 0.5) is 5.82 Å². The molecule has 7 heteroatoms. The number of nitrogens with zero attached hydrogens (tertiary/aromatic N) is 2. The number of carbonyl (C=O) groups excluding carboxylic acids is 2. The number of hydrogen-bond acceptors (Lipinski definition) is 5. The lowest BCUT2D eigenvalue weighted by molar-refractivity contribution is 0.0950. The van der Waals surface area contributed by atoms with Gasteiger partial charge in [-0.05, 0) is 13.0 Å². The van der Waals surface area contributed by atoms with Gasteiger partial charge in [0, 0.05) is 37.2 Å². The van der Waals surface area contributed by atoms with E-state index in [1.165, 1.54) is 19.2 Å². The molecule has 0 saturated carbocycles. The van der Waals surface area contributed by atoms with E-state index in [4.69, 9.17) is 0 Å². The first-order valence-electron chi connectivity index (χ1n) is 6.14. The maximum atomic E-state index is 11.8. The second kappa shape index (κ2) is 6.46. The lowest BCUT2D eigenvalue weighted by Crippen LogP contribution is -2.29. The van der Waals surface area contributed by atoms with Gasteiger partial charge in [0.05, 0.1) is 6.20 Å². The molecule has 3 N–H and O–H groups in total. The highest BCUT2D eigenvalue weighted by atomic mass is 16.2. The molecule has 0 aromatic carbocycles. The quantitative estimate of drug-likeness (QED) is 0.535. The zero-order valence-corrected chi connectivity index (χ0v) is 11.0. The Morgan fingerprint density at radius 1 is 1.30 bits per heavy atom. The molecule has 0 bridgehead atoms. The molecule has 7 nitrogen and oxygen atoms in total. The number of amides is 1. The SMILES string of the molecule is CC(=O)c1c[nH]c(C(=O)NCCNc2cnccn2)c1. The van der Waals surface area contributed by atoms with E-state index in [9.17, 15) is 9.59 Å². The smallest absolute Gasteiger partial charge is 0.267 e. The highest BCUT2D eigenvalue weighted by Crippen LogP contribution is 2.04. The van der Waals surface area contributed by atoms with Crippen molar-refractivity contribution in [2.45, 2.75) is 6.92 Å². The van der Waals surface area contributed by atoms with Gasteiger partial charge in [-0.1, -0.05) is 0 Å². The summed E-state index contributed by atoms with van der Waals surface area (Å²) in [4.78, 5) is 33.6. The zero-order valence-electron chi connectivity index (χ0n) is 11.0. The highest BCUT2D eigenvalue weighted by molar-refractivity contribution is 5.99. The molecule has 0 atom stereocenters. The lowest BCUT2D eigenvalue weighted by atomic mass is 10.2. The van der Waals surface area contributed by atoms with Gasteiger partial charge < -0.3 is 15.6 Å². The van der Waals surface area contributed by atoms with E-state index >= 15 is 0 Å². The second-order valence-electron chi connectivity index (χ2n) is 4.13. The Labute approximate surface area is 115 Å². The number of carbonyl (C=O) groups is 2. The summed E-state index contributed by atoms with van der Waals surface area (Å²) in [6, 6.07) is 1.54. The van der Waals surface area contributed by atoms with Gasteiger partial charge in [0.2, 0.25) is 0 Å². The van der Waals surface area contributed by atoms with Gasteiger partial charge in [-0.25, -0.2) is 4.98 Å². The summed E-state index contributed by atoms with van der Waals surface area (Å²) in [6.45, 7) is 2.42. The molecule has 2 aromatic heterocycles. The Hall–Kier alpha value is -2.70. The molecule has 0 aliphatic carbocycles. The summed E-state index contributed by atoms with van der Waals surface area (Å²) in [5.41, 5.74) is 0.863. The van der Waals surface area contributed by atoms with Crippen LogP contribution in [0.5, 0.6) is 0 Å². The third kappa shape index (κ3) is 3.64. The predicted octanol–water partition coefficient (Wildman–Crippen LogP) is 0.849. The number of H-pyrrole nitrogens is 1. The van der Waals surface area contributed by atoms with Crippen molar-refractivity contribution in [3.63, 3.8) is 0 Å². The first-order valence-corrected chi connectivity index (χ1v) is 6.14. The van der Waals surface area contributed by atoms with Gasteiger partial charge >= 0.3 is 0 Å². The van der Waals surface area contributed by atoms with E-state index in [-0.39, 0.29) is 11.7 Å². The van der Waals surface area contributed by atoms with Crippen molar-refractivity contribution in [3.8, 4) is 0 Å². The molecule has 104 valence electrons. The Bertz CT molecular complexity index is 594. The summed E-state index contributed by atoms with van der Waals surface area (Å²) in [7, 11) is 0. The number of rotatable bonds is 6. The van der Waals surface area contributed by atoms with E-state index in [1.807, 2.05) is 0 Å². The molecule has 0 spiro atoms. The van der Waals surface area contributed by atoms with Crippen LogP contribution >= 0.6 is 0 Å². The van der Waals surface area contributed by atoms with E-state index in [2.05, 4.69) is 25.6 Å². The minimum Gasteiger partial charge on any atom is -0.367 e. The van der Waals surface area contributed by atoms with Crippen molar-refractivity contribution in [2.24, 2.45) is 0 Å². The number of nitrogens with one attached hydrogen (secondary N) is 3. The van der Waals surface area contributed by atoms with Crippen LogP contribution in [0.3, 0.4) is 0 Å². The third-order valence-electron chi connectivity index (χ3n) is 2.61. The highest BCUT2D eigenvalue weighted by Gasteiger charge is 2.09. The van der Waals surface area contributed by atoms with Crippen molar-refractivity contribution >= 4 is 17.5 Å². The maximum Gasteiger partial charge on any atom is 0.267 e. The van der Waals surface area contributed by atoms with Crippen molar-refractivity contribution < 1.29 is 9.59 Å². The minimum absolute atomic E-state index is 0.0791. The van der Waals surface area contributed by atoms with Crippen molar-refractivity contribution in [1.29, 1.82) is 0 Å². The van der Waals surface area contributed by atoms with E-state index in [1.54, 1.807) is 18.6 Å². The number of anilines is 1. The van der Waals surface area contributed by atoms with E-state index in [0.717, 1.165) is 0 Å². The summed E-state index contributed by atoms with van der Waals surface area (Å²) in [6.07, 6.45) is 6.30. The lowest BCUT2D eigenvalue weighted by Gasteiger charge is -2.05. The van der Waals surface area contributed by atoms with Crippen LogP contribution in [0.2, 0.25) is 0 Å². The van der Waals surface area contributed by atoms with Crippen LogP contribution < -0.4 is 10.6 Å². The summed E-state index contributed by atoms with van der Waals surface area (Å²) < 4.78 is 0. The predicted molar refractivity (Wildman–Crippen MR) is 73.7 cm³/mol. The van der Waals surface area contributed by atoms with Crippen LogP contribution in [0.15, 0.2) is 30.9 Å². The maximum absolute atomic E-state index is 11.8. The molecule has 0 aliphatic heterocycles. The molecule has 0 radical (unpaired) electrons. The van der Waals surface area contributed by atoms with E-state index < -0.39 is 0 Å². The Kier molecular flexibility index (Phi) is 4.43. The molecule has 1 amide bonds. The van der Waals surface area contributed by atoms with Crippen LogP contribution in [-0.4, -0.2) is 39.7 Å². The van der Waals surface area contributed by atoms with Crippen LogP contribution in [0.25, 0.3) is 0 Å². The minimum atomic E-state index is -0.251. The van der Waals surface area contributed by atoms with Gasteiger partial charge in [0.25, 0.3) is 5.91 Å². The number of Topliss-reactive ketones (excluding diaryl/α,β-unsaturated/α-hetero) is 1. The molecule has 20 heavy (non-hydrogen) atoms. The molecular formula is C13H15N5O2. The van der Waals surface area contributed by atoms with E-state index in [0.29, 0.717) is 30.2 Å². The fraction of sp³-hybridized carbons (Fsp3) is 0.231. The van der Waals surface area contributed by atoms with Crippen molar-refractivity contribution in [3.05, 3.63) is 42.1 Å². The zero-order chi connectivity index (χ0) is 14.4. The van der Waals surface area contributed by atoms with Gasteiger partial charge in [-0.3, -0.25) is 14.6 Å². The average molecular weight is 273 g/mol. The van der Waals surface area contributed by atoms with Crippen LogP contribution in [-0.2, 0) is 0 Å². The van der Waals surface area contributed by atoms with Crippen molar-refractivity contribution in [1.82, 2.24) is 20.3 Å². The molecule has 0 aliphatic rings. The number of aromatic amines is 1. The van der Waals surface area contributed by atoms with Gasteiger partial charge in [0.15, 0.2) is 5.78 Å². The molecule has 2 aromatic rings. The molecule has 2 heterocycles. The molecule has 0 fully saturated rings. The first-order chi connectivity index (χ1) is 9.66. The summed E-state index contributed by atoms with van der Waals surface area (Å²) in [5.74, 6) is 0.323. The average Bonchev–Trinajstić information content (AvgIpc) is 2.94. The second-order valence-corrected chi connectivity index (χ2v) is 4.13. The molecule has 0 unspecified atom stereocenters. The molecule has 0 saturated heterocycles. The largest absolute Gasteiger partial charge is 0.367 e. The molecular weight excluding hydrogens is 258 g/mol. The number of aromatic nitrogens is 3. The van der Waals surface area contributed by atoms with Gasteiger partial charge in [0.1, 0.15) is 11.5 Å². The third-order valence-corrected chi connectivity index (χ3v) is 2.61. The number of ketones is 1. The Balaban J connectivity index is 1.76. The fourth-order valence-corrected chi connectivity index (χ4v) is 1.58. The normalized spacial score (nSPS) is 10.1. The van der Waals surface area contributed by atoms with Crippen LogP contribution in [0, 0.1) is 0 Å². The topological polar surface area (TPSA) is 99.8 Å². The summed E-state index contributed by atoms with van der Waals surface area (Å²) >= 11 is 0. The van der Waals surface area contributed by atoms with Gasteiger partial charge in [-0.2, -0.15) is 0 Å². The standard InChI is InChI=1S/C13H15N5O2/c1-9(19)10-6-11(18-7-10)13(20)17-5-4-16-12-8-14-2-3-15-12/h2-3,6-8,18H,4-5H2,1H3,(H,15,16)(H,17,20). The van der Waals surface area contributed by atoms with Crippen molar-refractivity contribution in [2.75, 3.05) is 18.4 Å². The Morgan fingerprint density at radius 3 is 2.80 bits per heavy atom. The Morgan fingerprint density at radius 2 is 2.15 bits per heavy atom. The number of hydrogen-bond donors (Lipinski definition) is 3. The summed E-state index contributed by atoms with van der Waals surface area (Å²) in [5, 5.41) is 5.75.